The molecular weight excluding hydrogens is 216 g/mol. The molecule has 0 amide bonds. The van der Waals surface area contributed by atoms with E-state index in [1.54, 1.807) is 11.3 Å². The van der Waals surface area contributed by atoms with Crippen LogP contribution in [-0.2, 0) is 12.0 Å². The molecule has 0 aliphatic rings. The molecule has 0 fully saturated rings. The van der Waals surface area contributed by atoms with Crippen LogP contribution in [0.5, 0.6) is 0 Å². The molecule has 0 aromatic carbocycles. The van der Waals surface area contributed by atoms with Gasteiger partial charge in [-0.1, -0.05) is 20.8 Å². The highest BCUT2D eigenvalue weighted by Gasteiger charge is 2.25. The van der Waals surface area contributed by atoms with Gasteiger partial charge in [0.15, 0.2) is 0 Å². The van der Waals surface area contributed by atoms with E-state index in [0.717, 1.165) is 24.3 Å². The van der Waals surface area contributed by atoms with Crippen LogP contribution >= 0.6 is 11.3 Å². The fourth-order valence-electron chi connectivity index (χ4n) is 1.70. The molecule has 3 heteroatoms. The molecule has 0 saturated carbocycles. The molecule has 16 heavy (non-hydrogen) atoms. The summed E-state index contributed by atoms with van der Waals surface area (Å²) in [5, 5.41) is 1.10. The molecule has 0 radical (unpaired) electrons. The van der Waals surface area contributed by atoms with E-state index in [1.165, 1.54) is 10.6 Å². The monoisotopic (exact) mass is 240 g/mol. The zero-order chi connectivity index (χ0) is 12.3. The summed E-state index contributed by atoms with van der Waals surface area (Å²) in [6, 6.07) is 0. The summed E-state index contributed by atoms with van der Waals surface area (Å²) in [7, 11) is 0. The average molecular weight is 240 g/mol. The Morgan fingerprint density at radius 3 is 2.50 bits per heavy atom. The van der Waals surface area contributed by atoms with Crippen molar-refractivity contribution in [1.29, 1.82) is 0 Å². The fraction of sp³-hybridized carbons (Fsp3) is 0.769. The third kappa shape index (κ3) is 3.29. The van der Waals surface area contributed by atoms with Crippen molar-refractivity contribution in [3.05, 3.63) is 15.6 Å². The summed E-state index contributed by atoms with van der Waals surface area (Å²) in [5.74, 6) is 0.703. The number of hydrogen-bond donors (Lipinski definition) is 1. The molecule has 0 aliphatic carbocycles. The minimum Gasteiger partial charge on any atom is -0.320 e. The number of hydrogen-bond acceptors (Lipinski definition) is 3. The van der Waals surface area contributed by atoms with Crippen LogP contribution in [0, 0.1) is 12.8 Å². The van der Waals surface area contributed by atoms with Crippen LogP contribution in [-0.4, -0.2) is 4.98 Å². The predicted molar refractivity (Wildman–Crippen MR) is 71.8 cm³/mol. The van der Waals surface area contributed by atoms with Gasteiger partial charge in [-0.3, -0.25) is 0 Å². The van der Waals surface area contributed by atoms with Crippen molar-refractivity contribution < 1.29 is 0 Å². The largest absolute Gasteiger partial charge is 0.320 e. The van der Waals surface area contributed by atoms with Crippen LogP contribution in [0.3, 0.4) is 0 Å². The highest BCUT2D eigenvalue weighted by molar-refractivity contribution is 7.11. The first-order chi connectivity index (χ1) is 7.36. The van der Waals surface area contributed by atoms with Gasteiger partial charge in [-0.25, -0.2) is 4.98 Å². The second-order valence-electron chi connectivity index (χ2n) is 5.23. The van der Waals surface area contributed by atoms with E-state index in [0.29, 0.717) is 5.92 Å². The molecule has 1 atom stereocenters. The van der Waals surface area contributed by atoms with E-state index in [9.17, 15) is 0 Å². The second kappa shape index (κ2) is 5.28. The molecule has 1 heterocycles. The van der Waals surface area contributed by atoms with Gasteiger partial charge in [0.1, 0.15) is 5.01 Å². The van der Waals surface area contributed by atoms with Crippen molar-refractivity contribution in [2.45, 2.75) is 59.4 Å². The number of aryl methyl sites for hydroxylation is 2. The minimum absolute atomic E-state index is 0.257. The third-order valence-electron chi connectivity index (χ3n) is 2.96. The highest BCUT2D eigenvalue weighted by atomic mass is 32.1. The molecule has 1 aromatic heterocycles. The van der Waals surface area contributed by atoms with Crippen LogP contribution in [0.2, 0.25) is 0 Å². The van der Waals surface area contributed by atoms with Gasteiger partial charge in [-0.15, -0.1) is 11.3 Å². The molecule has 1 rings (SSSR count). The van der Waals surface area contributed by atoms with Gasteiger partial charge in [0, 0.05) is 4.88 Å². The third-order valence-corrected chi connectivity index (χ3v) is 4.25. The van der Waals surface area contributed by atoms with Gasteiger partial charge in [-0.2, -0.15) is 0 Å². The summed E-state index contributed by atoms with van der Waals surface area (Å²) in [4.78, 5) is 5.99. The second-order valence-corrected chi connectivity index (χ2v) is 6.43. The van der Waals surface area contributed by atoms with Gasteiger partial charge in [-0.05, 0) is 39.0 Å². The Balaban J connectivity index is 2.80. The zero-order valence-corrected chi connectivity index (χ0v) is 11.9. The van der Waals surface area contributed by atoms with Gasteiger partial charge in [0.25, 0.3) is 0 Å². The maximum Gasteiger partial charge on any atom is 0.113 e. The molecule has 2 N–H and O–H groups in total. The lowest BCUT2D eigenvalue weighted by Gasteiger charge is -2.22. The highest BCUT2D eigenvalue weighted by Crippen LogP contribution is 2.30. The number of nitrogens with zero attached hydrogens (tertiary/aromatic N) is 1. The number of nitrogens with two attached hydrogens (primary N) is 1. The van der Waals surface area contributed by atoms with E-state index >= 15 is 0 Å². The van der Waals surface area contributed by atoms with E-state index in [4.69, 9.17) is 5.73 Å². The Labute approximate surface area is 103 Å². The van der Waals surface area contributed by atoms with Gasteiger partial charge in [0.2, 0.25) is 0 Å². The quantitative estimate of drug-likeness (QED) is 0.853. The summed E-state index contributed by atoms with van der Waals surface area (Å²) in [6.45, 7) is 10.9. The summed E-state index contributed by atoms with van der Waals surface area (Å²) in [5.41, 5.74) is 7.32. The topological polar surface area (TPSA) is 38.9 Å². The van der Waals surface area contributed by atoms with Crippen LogP contribution < -0.4 is 5.73 Å². The summed E-state index contributed by atoms with van der Waals surface area (Å²) in [6.07, 6.45) is 3.18. The number of aromatic nitrogens is 1. The Morgan fingerprint density at radius 2 is 2.06 bits per heavy atom. The van der Waals surface area contributed by atoms with E-state index in [1.807, 2.05) is 0 Å². The first-order valence-electron chi connectivity index (χ1n) is 6.12. The smallest absolute Gasteiger partial charge is 0.113 e. The van der Waals surface area contributed by atoms with E-state index in [2.05, 4.69) is 39.6 Å². The SMILES string of the molecule is CCc1nc(C(C)(N)CCC(C)C)sc1C. The number of thiazole rings is 1. The van der Waals surface area contributed by atoms with Crippen molar-refractivity contribution in [3.63, 3.8) is 0 Å². The molecular formula is C13H24N2S. The molecule has 0 aliphatic heterocycles. The first kappa shape index (κ1) is 13.7. The fourth-order valence-corrected chi connectivity index (χ4v) is 2.78. The van der Waals surface area contributed by atoms with Gasteiger partial charge >= 0.3 is 0 Å². The Hall–Kier alpha value is -0.410. The lowest BCUT2D eigenvalue weighted by atomic mass is 9.93. The van der Waals surface area contributed by atoms with Crippen molar-refractivity contribution in [2.24, 2.45) is 11.7 Å². The van der Waals surface area contributed by atoms with Crippen molar-refractivity contribution in [2.75, 3.05) is 0 Å². The van der Waals surface area contributed by atoms with Gasteiger partial charge in [0.05, 0.1) is 11.2 Å². The van der Waals surface area contributed by atoms with Gasteiger partial charge < -0.3 is 5.73 Å². The lowest BCUT2D eigenvalue weighted by Crippen LogP contribution is -2.33. The number of rotatable bonds is 5. The average Bonchev–Trinajstić information content (AvgIpc) is 2.57. The normalized spacial score (nSPS) is 15.4. The first-order valence-corrected chi connectivity index (χ1v) is 6.94. The molecule has 0 bridgehead atoms. The van der Waals surface area contributed by atoms with Crippen molar-refractivity contribution in [3.8, 4) is 0 Å². The molecule has 0 spiro atoms. The van der Waals surface area contributed by atoms with Crippen LogP contribution in [0.15, 0.2) is 0 Å². The summed E-state index contributed by atoms with van der Waals surface area (Å²) >= 11 is 1.76. The standard InChI is InChI=1S/C13H24N2S/c1-6-11-10(4)16-12(15-11)13(5,14)8-7-9(2)3/h9H,6-8,14H2,1-5H3. The predicted octanol–water partition coefficient (Wildman–Crippen LogP) is 3.62. The zero-order valence-electron chi connectivity index (χ0n) is 11.1. The summed E-state index contributed by atoms with van der Waals surface area (Å²) < 4.78 is 0. The Morgan fingerprint density at radius 1 is 1.44 bits per heavy atom. The van der Waals surface area contributed by atoms with Crippen molar-refractivity contribution >= 4 is 11.3 Å². The minimum atomic E-state index is -0.257. The van der Waals surface area contributed by atoms with Crippen LogP contribution in [0.1, 0.15) is 56.1 Å². The van der Waals surface area contributed by atoms with Crippen molar-refractivity contribution in [1.82, 2.24) is 4.98 Å². The maximum atomic E-state index is 6.37. The van der Waals surface area contributed by atoms with E-state index in [-0.39, 0.29) is 5.54 Å². The van der Waals surface area contributed by atoms with E-state index < -0.39 is 0 Å². The lowest BCUT2D eigenvalue weighted by molar-refractivity contribution is 0.394. The molecule has 1 aromatic rings. The molecule has 0 saturated heterocycles. The van der Waals surface area contributed by atoms with Crippen LogP contribution in [0.25, 0.3) is 0 Å². The Kier molecular flexibility index (Phi) is 4.51. The molecule has 2 nitrogen and oxygen atoms in total. The van der Waals surface area contributed by atoms with Crippen LogP contribution in [0.4, 0.5) is 0 Å². The molecule has 1 unspecified atom stereocenters. The maximum absolute atomic E-state index is 6.37. The Bertz CT molecular complexity index is 340. The molecule has 92 valence electrons.